The number of rotatable bonds is 3. The third kappa shape index (κ3) is 4.82. The highest BCUT2D eigenvalue weighted by Gasteiger charge is 2.04. The first kappa shape index (κ1) is 14.0. The maximum absolute atomic E-state index is 10.8. The van der Waals surface area contributed by atoms with Crippen molar-refractivity contribution < 1.29 is 4.79 Å². The van der Waals surface area contributed by atoms with E-state index in [1.54, 1.807) is 6.20 Å². The second-order valence-corrected chi connectivity index (χ2v) is 4.22. The van der Waals surface area contributed by atoms with Crippen LogP contribution in [-0.2, 0) is 6.54 Å². The van der Waals surface area contributed by atoms with Crippen molar-refractivity contribution in [3.63, 3.8) is 0 Å². The summed E-state index contributed by atoms with van der Waals surface area (Å²) in [7, 11) is 0. The van der Waals surface area contributed by atoms with Gasteiger partial charge in [0.1, 0.15) is 0 Å². The number of guanidine groups is 1. The lowest BCUT2D eigenvalue weighted by atomic mass is 10.2. The first-order valence-electron chi connectivity index (χ1n) is 5.77. The summed E-state index contributed by atoms with van der Waals surface area (Å²) in [4.78, 5) is 19.3. The number of urea groups is 1. The molecule has 0 aromatic carbocycles. The fraction of sp³-hybridized carbons (Fsp3) is 0.417. The highest BCUT2D eigenvalue weighted by molar-refractivity contribution is 5.95. The predicted octanol–water partition coefficient (Wildman–Crippen LogP) is 0.912. The molecule has 4 N–H and O–H groups in total. The zero-order valence-electron chi connectivity index (χ0n) is 10.9. The molecule has 18 heavy (non-hydrogen) atoms. The van der Waals surface area contributed by atoms with Crippen molar-refractivity contribution in [1.29, 1.82) is 0 Å². The van der Waals surface area contributed by atoms with Crippen molar-refractivity contribution in [3.8, 4) is 0 Å². The van der Waals surface area contributed by atoms with Gasteiger partial charge in [0.05, 0.1) is 12.2 Å². The summed E-state index contributed by atoms with van der Waals surface area (Å²) in [6.07, 6.45) is 1.72. The van der Waals surface area contributed by atoms with Crippen LogP contribution in [0.3, 0.4) is 0 Å². The second-order valence-electron chi connectivity index (χ2n) is 4.22. The minimum atomic E-state index is -0.639. The summed E-state index contributed by atoms with van der Waals surface area (Å²) in [5.41, 5.74) is 7.01. The van der Waals surface area contributed by atoms with E-state index in [-0.39, 0.29) is 6.04 Å². The average molecular weight is 249 g/mol. The quantitative estimate of drug-likeness (QED) is 0.549. The standard InChI is InChI=1S/C12H19N5O/c1-8(2)16-12(17-11(13)18)15-7-10-9(3)5-4-6-14-10/h4-6,8H,7H2,1-3H3,(H4,13,15,16,17,18). The summed E-state index contributed by atoms with van der Waals surface area (Å²) < 4.78 is 0. The molecule has 0 fully saturated rings. The lowest BCUT2D eigenvalue weighted by Crippen LogP contribution is -2.46. The molecule has 0 unspecified atom stereocenters. The predicted molar refractivity (Wildman–Crippen MR) is 71.1 cm³/mol. The molecule has 98 valence electrons. The van der Waals surface area contributed by atoms with E-state index in [1.807, 2.05) is 32.9 Å². The van der Waals surface area contributed by atoms with Gasteiger partial charge in [0.2, 0.25) is 0 Å². The number of carbonyl (C=O) groups is 1. The number of carbonyl (C=O) groups excluding carboxylic acids is 1. The third-order valence-corrected chi connectivity index (χ3v) is 2.17. The Balaban J connectivity index is 2.76. The van der Waals surface area contributed by atoms with E-state index >= 15 is 0 Å². The van der Waals surface area contributed by atoms with Gasteiger partial charge in [0, 0.05) is 12.2 Å². The monoisotopic (exact) mass is 249 g/mol. The van der Waals surface area contributed by atoms with Crippen LogP contribution in [0.15, 0.2) is 23.3 Å². The van der Waals surface area contributed by atoms with E-state index in [4.69, 9.17) is 5.73 Å². The van der Waals surface area contributed by atoms with E-state index < -0.39 is 6.03 Å². The molecule has 0 radical (unpaired) electrons. The van der Waals surface area contributed by atoms with E-state index in [9.17, 15) is 4.79 Å². The van der Waals surface area contributed by atoms with Crippen molar-refractivity contribution in [3.05, 3.63) is 29.6 Å². The molecule has 0 spiro atoms. The number of primary amides is 1. The van der Waals surface area contributed by atoms with E-state index in [2.05, 4.69) is 20.6 Å². The average Bonchev–Trinajstić information content (AvgIpc) is 2.26. The SMILES string of the molecule is Cc1cccnc1CN=C(NC(N)=O)NC(C)C. The fourth-order valence-electron chi connectivity index (χ4n) is 1.35. The number of nitrogens with one attached hydrogen (secondary N) is 2. The summed E-state index contributed by atoms with van der Waals surface area (Å²) in [6, 6.07) is 3.35. The van der Waals surface area contributed by atoms with Crippen LogP contribution in [0.1, 0.15) is 25.1 Å². The largest absolute Gasteiger partial charge is 0.354 e. The van der Waals surface area contributed by atoms with Gasteiger partial charge in [0.25, 0.3) is 0 Å². The van der Waals surface area contributed by atoms with Crippen molar-refractivity contribution in [2.75, 3.05) is 0 Å². The van der Waals surface area contributed by atoms with Gasteiger partial charge in [-0.25, -0.2) is 9.79 Å². The van der Waals surface area contributed by atoms with Crippen LogP contribution < -0.4 is 16.4 Å². The number of pyridine rings is 1. The number of aliphatic imine (C=N–C) groups is 1. The van der Waals surface area contributed by atoms with Crippen molar-refractivity contribution in [2.24, 2.45) is 10.7 Å². The van der Waals surface area contributed by atoms with Gasteiger partial charge in [-0.05, 0) is 32.4 Å². The lowest BCUT2D eigenvalue weighted by Gasteiger charge is -2.13. The molecule has 0 saturated heterocycles. The van der Waals surface area contributed by atoms with Gasteiger partial charge < -0.3 is 11.1 Å². The van der Waals surface area contributed by atoms with Crippen LogP contribution in [-0.4, -0.2) is 23.0 Å². The number of aromatic nitrogens is 1. The molecule has 1 aromatic rings. The number of amides is 2. The van der Waals surface area contributed by atoms with Crippen LogP contribution in [0.2, 0.25) is 0 Å². The first-order valence-corrected chi connectivity index (χ1v) is 5.77. The summed E-state index contributed by atoms with van der Waals surface area (Å²) in [5, 5.41) is 5.46. The van der Waals surface area contributed by atoms with Crippen molar-refractivity contribution in [1.82, 2.24) is 15.6 Å². The Bertz CT molecular complexity index is 442. The Morgan fingerprint density at radius 2 is 2.28 bits per heavy atom. The molecule has 0 bridgehead atoms. The maximum Gasteiger partial charge on any atom is 0.318 e. The highest BCUT2D eigenvalue weighted by Crippen LogP contribution is 2.04. The molecule has 0 aliphatic heterocycles. The summed E-state index contributed by atoms with van der Waals surface area (Å²) in [5.74, 6) is 0.363. The molecular weight excluding hydrogens is 230 g/mol. The molecule has 0 atom stereocenters. The maximum atomic E-state index is 10.8. The van der Waals surface area contributed by atoms with Gasteiger partial charge in [0.15, 0.2) is 5.96 Å². The molecule has 6 nitrogen and oxygen atoms in total. The van der Waals surface area contributed by atoms with Crippen LogP contribution >= 0.6 is 0 Å². The van der Waals surface area contributed by atoms with Gasteiger partial charge in [-0.1, -0.05) is 6.07 Å². The fourth-order valence-corrected chi connectivity index (χ4v) is 1.35. The van der Waals surface area contributed by atoms with E-state index in [0.717, 1.165) is 11.3 Å². The topological polar surface area (TPSA) is 92.4 Å². The Kier molecular flexibility index (Phi) is 5.10. The molecule has 1 rings (SSSR count). The smallest absolute Gasteiger partial charge is 0.318 e. The van der Waals surface area contributed by atoms with E-state index in [1.165, 1.54) is 0 Å². The van der Waals surface area contributed by atoms with Crippen molar-refractivity contribution in [2.45, 2.75) is 33.4 Å². The highest BCUT2D eigenvalue weighted by atomic mass is 16.2. The Hall–Kier alpha value is -2.11. The Labute approximate surface area is 107 Å². The van der Waals surface area contributed by atoms with Crippen LogP contribution in [0.4, 0.5) is 4.79 Å². The molecule has 0 saturated carbocycles. The zero-order valence-corrected chi connectivity index (χ0v) is 10.9. The molecule has 1 aromatic heterocycles. The molecular formula is C12H19N5O. The summed E-state index contributed by atoms with van der Waals surface area (Å²) >= 11 is 0. The normalized spacial score (nSPS) is 11.4. The van der Waals surface area contributed by atoms with E-state index in [0.29, 0.717) is 12.5 Å². The first-order chi connectivity index (χ1) is 8.49. The minimum Gasteiger partial charge on any atom is -0.354 e. The molecule has 6 heteroatoms. The molecule has 1 heterocycles. The molecule has 2 amide bonds. The minimum absolute atomic E-state index is 0.153. The lowest BCUT2D eigenvalue weighted by molar-refractivity contribution is 0.252. The van der Waals surface area contributed by atoms with Crippen LogP contribution in [0.5, 0.6) is 0 Å². The molecule has 0 aliphatic carbocycles. The summed E-state index contributed by atoms with van der Waals surface area (Å²) in [6.45, 7) is 6.26. The number of hydrogen-bond acceptors (Lipinski definition) is 3. The second kappa shape index (κ2) is 6.58. The third-order valence-electron chi connectivity index (χ3n) is 2.17. The Morgan fingerprint density at radius 3 is 2.83 bits per heavy atom. The van der Waals surface area contributed by atoms with Crippen LogP contribution in [0, 0.1) is 6.92 Å². The zero-order chi connectivity index (χ0) is 13.5. The van der Waals surface area contributed by atoms with Gasteiger partial charge >= 0.3 is 6.03 Å². The number of nitrogens with zero attached hydrogens (tertiary/aromatic N) is 2. The number of aryl methyl sites for hydroxylation is 1. The number of hydrogen-bond donors (Lipinski definition) is 3. The van der Waals surface area contributed by atoms with Gasteiger partial charge in [-0.2, -0.15) is 0 Å². The molecule has 0 aliphatic rings. The Morgan fingerprint density at radius 1 is 1.56 bits per heavy atom. The van der Waals surface area contributed by atoms with Crippen LogP contribution in [0.25, 0.3) is 0 Å². The number of nitrogens with two attached hydrogens (primary N) is 1. The van der Waals surface area contributed by atoms with Crippen molar-refractivity contribution >= 4 is 12.0 Å². The van der Waals surface area contributed by atoms with Gasteiger partial charge in [-0.15, -0.1) is 0 Å². The van der Waals surface area contributed by atoms with Gasteiger partial charge in [-0.3, -0.25) is 10.3 Å².